The van der Waals surface area contributed by atoms with Crippen LogP contribution in [0.1, 0.15) is 24.0 Å². The molecule has 0 fully saturated rings. The first-order valence-electron chi connectivity index (χ1n) is 6.56. The number of benzene rings is 1. The van der Waals surface area contributed by atoms with E-state index in [9.17, 15) is 18.0 Å². The van der Waals surface area contributed by atoms with E-state index in [4.69, 9.17) is 5.11 Å². The lowest BCUT2D eigenvalue weighted by Gasteiger charge is -2.30. The van der Waals surface area contributed by atoms with Crippen LogP contribution in [0.25, 0.3) is 0 Å². The lowest BCUT2D eigenvalue weighted by Crippen LogP contribution is -2.45. The number of fused-ring (bicyclic) bond motifs is 1. The summed E-state index contributed by atoms with van der Waals surface area (Å²) in [6, 6.07) is 6.20. The molecule has 0 heterocycles. The van der Waals surface area contributed by atoms with Gasteiger partial charge in [-0.15, -0.1) is 0 Å². The van der Waals surface area contributed by atoms with Gasteiger partial charge in [0.15, 0.2) is 9.84 Å². The predicted octanol–water partition coefficient (Wildman–Crippen LogP) is 0.330. The molecule has 0 saturated heterocycles. The maximum absolute atomic E-state index is 12.1. The van der Waals surface area contributed by atoms with E-state index in [1.165, 1.54) is 0 Å². The van der Waals surface area contributed by atoms with Crippen molar-refractivity contribution in [3.8, 4) is 0 Å². The van der Waals surface area contributed by atoms with Crippen LogP contribution >= 0.6 is 0 Å². The number of carbonyl (C=O) groups is 2. The van der Waals surface area contributed by atoms with Gasteiger partial charge in [0.25, 0.3) is 0 Å². The molecule has 6 nitrogen and oxygen atoms in total. The lowest BCUT2D eigenvalue weighted by atomic mass is 9.79. The Kier molecular flexibility index (Phi) is 4.32. The standard InChI is InChI=1S/C14H17NO5S/c1-9(16)15-13(14(17)18)8-21(19,20)7-11-6-10-4-2-3-5-12(10)11/h2-5,11,13H,6-8H2,1H3,(H,15,16)(H,17,18). The van der Waals surface area contributed by atoms with Crippen molar-refractivity contribution in [3.63, 3.8) is 0 Å². The molecule has 2 unspecified atom stereocenters. The lowest BCUT2D eigenvalue weighted by molar-refractivity contribution is -0.140. The molecular formula is C14H17NO5S. The van der Waals surface area contributed by atoms with E-state index >= 15 is 0 Å². The van der Waals surface area contributed by atoms with E-state index in [-0.39, 0.29) is 11.7 Å². The summed E-state index contributed by atoms with van der Waals surface area (Å²) in [6.07, 6.45) is 0.688. The van der Waals surface area contributed by atoms with Crippen molar-refractivity contribution in [1.82, 2.24) is 5.32 Å². The van der Waals surface area contributed by atoms with Crippen LogP contribution in [0.4, 0.5) is 0 Å². The molecule has 1 amide bonds. The summed E-state index contributed by atoms with van der Waals surface area (Å²) in [6.45, 7) is 1.16. The number of carboxylic acid groups (broad SMARTS) is 1. The molecule has 21 heavy (non-hydrogen) atoms. The van der Waals surface area contributed by atoms with Crippen molar-refractivity contribution in [2.45, 2.75) is 25.3 Å². The van der Waals surface area contributed by atoms with Crippen molar-refractivity contribution in [2.75, 3.05) is 11.5 Å². The first-order valence-corrected chi connectivity index (χ1v) is 8.39. The predicted molar refractivity (Wildman–Crippen MR) is 76.8 cm³/mol. The molecule has 1 aromatic carbocycles. The van der Waals surface area contributed by atoms with E-state index in [0.29, 0.717) is 6.42 Å². The minimum absolute atomic E-state index is 0.0852. The highest BCUT2D eigenvalue weighted by molar-refractivity contribution is 7.91. The average Bonchev–Trinajstić information content (AvgIpc) is 2.34. The van der Waals surface area contributed by atoms with Gasteiger partial charge in [0.1, 0.15) is 6.04 Å². The molecule has 114 valence electrons. The summed E-state index contributed by atoms with van der Waals surface area (Å²) >= 11 is 0. The fraction of sp³-hybridized carbons (Fsp3) is 0.429. The molecular weight excluding hydrogens is 294 g/mol. The van der Waals surface area contributed by atoms with E-state index < -0.39 is 33.5 Å². The Morgan fingerprint density at radius 2 is 2.05 bits per heavy atom. The number of sulfone groups is 1. The van der Waals surface area contributed by atoms with Gasteiger partial charge in [-0.3, -0.25) is 4.79 Å². The molecule has 2 N–H and O–H groups in total. The Labute approximate surface area is 123 Å². The van der Waals surface area contributed by atoms with E-state index in [0.717, 1.165) is 18.1 Å². The number of nitrogens with one attached hydrogen (secondary N) is 1. The van der Waals surface area contributed by atoms with Crippen LogP contribution in [0.3, 0.4) is 0 Å². The zero-order chi connectivity index (χ0) is 15.6. The zero-order valence-corrected chi connectivity index (χ0v) is 12.4. The molecule has 1 aromatic rings. The molecule has 0 saturated carbocycles. The number of hydrogen-bond acceptors (Lipinski definition) is 4. The summed E-state index contributed by atoms with van der Waals surface area (Å²) in [7, 11) is -3.57. The van der Waals surface area contributed by atoms with Gasteiger partial charge < -0.3 is 10.4 Å². The fourth-order valence-electron chi connectivity index (χ4n) is 2.56. The molecule has 2 atom stereocenters. The van der Waals surface area contributed by atoms with Gasteiger partial charge in [0.05, 0.1) is 11.5 Å². The maximum Gasteiger partial charge on any atom is 0.327 e. The minimum atomic E-state index is -3.57. The Morgan fingerprint density at radius 3 is 2.62 bits per heavy atom. The summed E-state index contributed by atoms with van der Waals surface area (Å²) in [5.74, 6) is -2.67. The van der Waals surface area contributed by atoms with E-state index in [1.807, 2.05) is 24.3 Å². The van der Waals surface area contributed by atoms with Gasteiger partial charge in [-0.1, -0.05) is 24.3 Å². The Bertz CT molecular complexity index is 668. The molecule has 0 radical (unpaired) electrons. The van der Waals surface area contributed by atoms with E-state index in [2.05, 4.69) is 5.32 Å². The maximum atomic E-state index is 12.1. The third-order valence-electron chi connectivity index (χ3n) is 3.51. The van der Waals surface area contributed by atoms with Crippen LogP contribution in [-0.4, -0.2) is 42.9 Å². The second kappa shape index (κ2) is 5.85. The molecule has 0 aliphatic heterocycles. The van der Waals surface area contributed by atoms with Gasteiger partial charge in [-0.2, -0.15) is 0 Å². The quantitative estimate of drug-likeness (QED) is 0.788. The first-order chi connectivity index (χ1) is 9.78. The van der Waals surface area contributed by atoms with Crippen LogP contribution < -0.4 is 5.32 Å². The van der Waals surface area contributed by atoms with Gasteiger partial charge in [0.2, 0.25) is 5.91 Å². The highest BCUT2D eigenvalue weighted by Gasteiger charge is 2.33. The highest BCUT2D eigenvalue weighted by Crippen LogP contribution is 2.35. The van der Waals surface area contributed by atoms with Gasteiger partial charge >= 0.3 is 5.97 Å². The first kappa shape index (κ1) is 15.5. The number of rotatable bonds is 6. The van der Waals surface area contributed by atoms with Gasteiger partial charge in [0, 0.05) is 12.8 Å². The number of carboxylic acids is 1. The largest absolute Gasteiger partial charge is 0.480 e. The SMILES string of the molecule is CC(=O)NC(CS(=O)(=O)CC1Cc2ccccc21)C(=O)O. The van der Waals surface area contributed by atoms with Crippen molar-refractivity contribution in [1.29, 1.82) is 0 Å². The molecule has 0 bridgehead atoms. The summed E-state index contributed by atoms with van der Waals surface area (Å²) in [5, 5.41) is 11.1. The second-order valence-corrected chi connectivity index (χ2v) is 7.42. The third-order valence-corrected chi connectivity index (χ3v) is 5.26. The molecule has 2 rings (SSSR count). The summed E-state index contributed by atoms with van der Waals surface area (Å²) < 4.78 is 24.3. The van der Waals surface area contributed by atoms with Crippen molar-refractivity contribution in [2.24, 2.45) is 0 Å². The highest BCUT2D eigenvalue weighted by atomic mass is 32.2. The molecule has 1 aliphatic carbocycles. The summed E-state index contributed by atoms with van der Waals surface area (Å²) in [4.78, 5) is 21.9. The molecule has 0 aromatic heterocycles. The number of aliphatic carboxylic acids is 1. The van der Waals surface area contributed by atoms with Crippen LogP contribution in [0, 0.1) is 0 Å². The Balaban J connectivity index is 2.03. The van der Waals surface area contributed by atoms with Crippen LogP contribution in [0.2, 0.25) is 0 Å². The number of amides is 1. The van der Waals surface area contributed by atoms with Crippen molar-refractivity contribution in [3.05, 3.63) is 35.4 Å². The molecule has 0 spiro atoms. The minimum Gasteiger partial charge on any atom is -0.480 e. The van der Waals surface area contributed by atoms with Crippen LogP contribution in [0.5, 0.6) is 0 Å². The zero-order valence-electron chi connectivity index (χ0n) is 11.6. The monoisotopic (exact) mass is 311 g/mol. The van der Waals surface area contributed by atoms with Crippen LogP contribution in [0.15, 0.2) is 24.3 Å². The number of carbonyl (C=O) groups excluding carboxylic acids is 1. The van der Waals surface area contributed by atoms with Gasteiger partial charge in [-0.25, -0.2) is 13.2 Å². The van der Waals surface area contributed by atoms with Gasteiger partial charge in [-0.05, 0) is 17.5 Å². The topological polar surface area (TPSA) is 101 Å². The molecule has 1 aliphatic rings. The van der Waals surface area contributed by atoms with Crippen molar-refractivity contribution >= 4 is 21.7 Å². The third kappa shape index (κ3) is 3.81. The smallest absolute Gasteiger partial charge is 0.327 e. The van der Waals surface area contributed by atoms with Crippen LogP contribution in [-0.2, 0) is 25.8 Å². The fourth-order valence-corrected chi connectivity index (χ4v) is 4.34. The Morgan fingerprint density at radius 1 is 1.38 bits per heavy atom. The Hall–Kier alpha value is -1.89. The number of hydrogen-bond donors (Lipinski definition) is 2. The van der Waals surface area contributed by atoms with E-state index in [1.54, 1.807) is 0 Å². The second-order valence-electron chi connectivity index (χ2n) is 5.27. The van der Waals surface area contributed by atoms with Crippen molar-refractivity contribution < 1.29 is 23.1 Å². The molecule has 7 heteroatoms. The summed E-state index contributed by atoms with van der Waals surface area (Å²) in [5.41, 5.74) is 2.14. The average molecular weight is 311 g/mol. The normalized spacial score (nSPS) is 18.2.